The van der Waals surface area contributed by atoms with E-state index in [-0.39, 0.29) is 0 Å². The van der Waals surface area contributed by atoms with Crippen LogP contribution in [-0.4, -0.2) is 20.2 Å². The lowest BCUT2D eigenvalue weighted by Crippen LogP contribution is -2.02. The lowest BCUT2D eigenvalue weighted by molar-refractivity contribution is 0.790. The second-order valence-corrected chi connectivity index (χ2v) is 4.53. The number of anilines is 1. The summed E-state index contributed by atoms with van der Waals surface area (Å²) in [5.41, 5.74) is 9.68. The molecule has 3 rings (SSSR count). The number of hydrogen-bond acceptors (Lipinski definition) is 4. The largest absolute Gasteiger partial charge is 0.398 e. The molecule has 0 unspecified atom stereocenters. The molecule has 0 aliphatic carbocycles. The number of aryl methyl sites for hydroxylation is 1. The Balaban J connectivity index is 2.13. The lowest BCUT2D eigenvalue weighted by atomic mass is 10.1. The Morgan fingerprint density at radius 3 is 2.75 bits per heavy atom. The van der Waals surface area contributed by atoms with E-state index in [0.29, 0.717) is 11.5 Å². The van der Waals surface area contributed by atoms with Crippen molar-refractivity contribution in [1.29, 1.82) is 0 Å². The Bertz CT molecular complexity index is 732. The molecule has 1 aromatic heterocycles. The van der Waals surface area contributed by atoms with Gasteiger partial charge >= 0.3 is 0 Å². The molecule has 0 aliphatic heterocycles. The first-order valence-electron chi connectivity index (χ1n) is 6.52. The van der Waals surface area contributed by atoms with Crippen LogP contribution in [0.2, 0.25) is 0 Å². The van der Waals surface area contributed by atoms with Crippen LogP contribution in [0.3, 0.4) is 0 Å². The van der Waals surface area contributed by atoms with Crippen molar-refractivity contribution < 1.29 is 0 Å². The van der Waals surface area contributed by atoms with E-state index in [1.807, 2.05) is 36.4 Å². The van der Waals surface area contributed by atoms with Gasteiger partial charge in [0.2, 0.25) is 0 Å². The van der Waals surface area contributed by atoms with Crippen LogP contribution in [0.15, 0.2) is 48.5 Å². The molecule has 3 aromatic rings. The summed E-state index contributed by atoms with van der Waals surface area (Å²) in [5.74, 6) is 0.649. The van der Waals surface area contributed by atoms with Crippen molar-refractivity contribution in [2.45, 2.75) is 13.3 Å². The van der Waals surface area contributed by atoms with Gasteiger partial charge in [-0.25, -0.2) is 0 Å². The van der Waals surface area contributed by atoms with Crippen LogP contribution >= 0.6 is 0 Å². The zero-order chi connectivity index (χ0) is 13.9. The van der Waals surface area contributed by atoms with Gasteiger partial charge in [0.25, 0.3) is 0 Å². The number of rotatable bonds is 3. The highest BCUT2D eigenvalue weighted by molar-refractivity contribution is 5.72. The van der Waals surface area contributed by atoms with Gasteiger partial charge in [-0.15, -0.1) is 5.10 Å². The molecule has 0 fully saturated rings. The fourth-order valence-corrected chi connectivity index (χ4v) is 2.14. The number of nitrogens with zero attached hydrogens (tertiary/aromatic N) is 4. The molecular formula is C15H15N5. The molecule has 0 spiro atoms. The van der Waals surface area contributed by atoms with E-state index in [4.69, 9.17) is 5.73 Å². The fourth-order valence-electron chi connectivity index (χ4n) is 2.14. The third-order valence-electron chi connectivity index (χ3n) is 3.23. The summed E-state index contributed by atoms with van der Waals surface area (Å²) < 4.78 is 1.71. The predicted octanol–water partition coefficient (Wildman–Crippen LogP) is 2.47. The van der Waals surface area contributed by atoms with Gasteiger partial charge in [-0.1, -0.05) is 31.2 Å². The summed E-state index contributed by atoms with van der Waals surface area (Å²) in [5, 5.41) is 12.0. The molecule has 5 heteroatoms. The number of aromatic nitrogens is 4. The molecule has 2 aromatic carbocycles. The maximum absolute atomic E-state index is 6.01. The van der Waals surface area contributed by atoms with Gasteiger partial charge in [0.05, 0.1) is 5.69 Å². The van der Waals surface area contributed by atoms with Crippen LogP contribution in [0.25, 0.3) is 17.1 Å². The monoisotopic (exact) mass is 265 g/mol. The molecule has 0 amide bonds. The Hall–Kier alpha value is -2.69. The molecule has 0 saturated heterocycles. The smallest absolute Gasteiger partial charge is 0.189 e. The number of benzene rings is 2. The molecule has 20 heavy (non-hydrogen) atoms. The van der Waals surface area contributed by atoms with Gasteiger partial charge in [0.1, 0.15) is 0 Å². The summed E-state index contributed by atoms with van der Waals surface area (Å²) in [6.45, 7) is 2.12. The second-order valence-electron chi connectivity index (χ2n) is 4.53. The molecule has 0 aliphatic rings. The van der Waals surface area contributed by atoms with Crippen LogP contribution < -0.4 is 5.73 Å². The molecule has 0 radical (unpaired) electrons. The number of nitrogens with two attached hydrogens (primary N) is 1. The van der Waals surface area contributed by atoms with E-state index in [0.717, 1.165) is 17.7 Å². The van der Waals surface area contributed by atoms with Gasteiger partial charge in [-0.05, 0) is 46.7 Å². The highest BCUT2D eigenvalue weighted by Gasteiger charge is 2.12. The predicted molar refractivity (Wildman–Crippen MR) is 78.4 cm³/mol. The summed E-state index contributed by atoms with van der Waals surface area (Å²) in [6, 6.07) is 15.7. The fraction of sp³-hybridized carbons (Fsp3) is 0.133. The third-order valence-corrected chi connectivity index (χ3v) is 3.23. The van der Waals surface area contributed by atoms with Crippen LogP contribution in [0.5, 0.6) is 0 Å². The van der Waals surface area contributed by atoms with E-state index in [1.54, 1.807) is 4.68 Å². The first-order chi connectivity index (χ1) is 9.79. The highest BCUT2D eigenvalue weighted by atomic mass is 15.5. The highest BCUT2D eigenvalue weighted by Crippen LogP contribution is 2.25. The first kappa shape index (κ1) is 12.3. The first-order valence-corrected chi connectivity index (χ1v) is 6.52. The molecular weight excluding hydrogens is 250 g/mol. The standard InChI is InChI=1S/C15H15N5/c1-2-11-6-5-7-12(10-11)20-15(17-18-19-20)13-8-3-4-9-14(13)16/h3-10H,2,16H2,1H3. The van der Waals surface area contributed by atoms with E-state index < -0.39 is 0 Å². The van der Waals surface area contributed by atoms with Crippen LogP contribution in [0, 0.1) is 0 Å². The third kappa shape index (κ3) is 2.14. The number of nitrogen functional groups attached to an aromatic ring is 1. The summed E-state index contributed by atoms with van der Waals surface area (Å²) in [6.07, 6.45) is 0.971. The maximum Gasteiger partial charge on any atom is 0.189 e. The van der Waals surface area contributed by atoms with Gasteiger partial charge in [-0.3, -0.25) is 0 Å². The van der Waals surface area contributed by atoms with Crippen LogP contribution in [0.1, 0.15) is 12.5 Å². The Morgan fingerprint density at radius 2 is 1.95 bits per heavy atom. The maximum atomic E-state index is 6.01. The topological polar surface area (TPSA) is 69.6 Å². The van der Waals surface area contributed by atoms with Gasteiger partial charge in [-0.2, -0.15) is 4.68 Å². The van der Waals surface area contributed by atoms with Crippen LogP contribution in [0.4, 0.5) is 5.69 Å². The van der Waals surface area contributed by atoms with Crippen molar-refractivity contribution in [3.05, 3.63) is 54.1 Å². The van der Waals surface area contributed by atoms with Gasteiger partial charge in [0, 0.05) is 11.3 Å². The van der Waals surface area contributed by atoms with E-state index in [1.165, 1.54) is 5.56 Å². The van der Waals surface area contributed by atoms with Crippen molar-refractivity contribution in [3.63, 3.8) is 0 Å². The van der Waals surface area contributed by atoms with E-state index in [9.17, 15) is 0 Å². The lowest BCUT2D eigenvalue weighted by Gasteiger charge is -2.07. The van der Waals surface area contributed by atoms with Crippen LogP contribution in [-0.2, 0) is 6.42 Å². The average molecular weight is 265 g/mol. The minimum Gasteiger partial charge on any atom is -0.398 e. The summed E-state index contributed by atoms with van der Waals surface area (Å²) in [7, 11) is 0. The molecule has 0 atom stereocenters. The molecule has 100 valence electrons. The molecule has 2 N–H and O–H groups in total. The zero-order valence-corrected chi connectivity index (χ0v) is 11.2. The minimum atomic E-state index is 0.649. The second kappa shape index (κ2) is 5.13. The number of tetrazole rings is 1. The minimum absolute atomic E-state index is 0.649. The molecule has 0 bridgehead atoms. The van der Waals surface area contributed by atoms with Gasteiger partial charge < -0.3 is 5.73 Å². The Kier molecular flexibility index (Phi) is 3.16. The average Bonchev–Trinajstić information content (AvgIpc) is 2.97. The summed E-state index contributed by atoms with van der Waals surface area (Å²) in [4.78, 5) is 0. The van der Waals surface area contributed by atoms with Crippen molar-refractivity contribution in [2.24, 2.45) is 0 Å². The Morgan fingerprint density at radius 1 is 1.10 bits per heavy atom. The molecule has 1 heterocycles. The number of para-hydroxylation sites is 1. The van der Waals surface area contributed by atoms with Gasteiger partial charge in [0.15, 0.2) is 5.82 Å². The van der Waals surface area contributed by atoms with Crippen molar-refractivity contribution in [2.75, 3.05) is 5.73 Å². The van der Waals surface area contributed by atoms with E-state index in [2.05, 4.69) is 34.6 Å². The van der Waals surface area contributed by atoms with E-state index >= 15 is 0 Å². The molecule has 5 nitrogen and oxygen atoms in total. The van der Waals surface area contributed by atoms with Crippen molar-refractivity contribution in [1.82, 2.24) is 20.2 Å². The Labute approximate surface area is 117 Å². The van der Waals surface area contributed by atoms with Crippen molar-refractivity contribution in [3.8, 4) is 17.1 Å². The quantitative estimate of drug-likeness (QED) is 0.739. The number of hydrogen-bond donors (Lipinski definition) is 1. The zero-order valence-electron chi connectivity index (χ0n) is 11.2. The SMILES string of the molecule is CCc1cccc(-n2nnnc2-c2ccccc2N)c1. The normalized spacial score (nSPS) is 10.7. The van der Waals surface area contributed by atoms with Crippen molar-refractivity contribution >= 4 is 5.69 Å². The summed E-state index contributed by atoms with van der Waals surface area (Å²) >= 11 is 0. The molecule has 0 saturated carbocycles.